The zero-order chi connectivity index (χ0) is 42.0. The molecule has 0 spiro atoms. The lowest BCUT2D eigenvalue weighted by molar-refractivity contribution is 0.396. The number of anilines is 4. The average molecular weight is 857 g/mol. The lowest BCUT2D eigenvalue weighted by atomic mass is 9.97. The third-order valence-corrected chi connectivity index (χ3v) is 12.4. The summed E-state index contributed by atoms with van der Waals surface area (Å²) in [5.74, 6) is 3.19. The second-order valence-electron chi connectivity index (χ2n) is 15.0. The van der Waals surface area contributed by atoms with Crippen LogP contribution in [0.5, 0.6) is 11.8 Å². The van der Waals surface area contributed by atoms with Crippen molar-refractivity contribution in [3.8, 4) is 45.9 Å². The number of fused-ring (bicyclic) bond motifs is 2. The van der Waals surface area contributed by atoms with Gasteiger partial charge in [-0.25, -0.2) is 34.6 Å². The first-order valence-corrected chi connectivity index (χ1v) is 22.3. The van der Waals surface area contributed by atoms with Crippen molar-refractivity contribution >= 4 is 44.6 Å². The molecule has 0 aliphatic heterocycles. The number of hydrogen-bond donors (Lipinski definition) is 2. The molecule has 0 atom stereocenters. The minimum absolute atomic E-state index is 0.535. The number of rotatable bonds is 11. The first-order chi connectivity index (χ1) is 29.8. The fourth-order valence-corrected chi connectivity index (χ4v) is 9.27. The molecule has 8 aromatic heterocycles. The van der Waals surface area contributed by atoms with Crippen molar-refractivity contribution < 1.29 is 9.47 Å². The van der Waals surface area contributed by atoms with Crippen molar-refractivity contribution in [1.82, 2.24) is 58.6 Å². The van der Waals surface area contributed by atoms with Crippen LogP contribution in [0.1, 0.15) is 66.5 Å². The van der Waals surface area contributed by atoms with Gasteiger partial charge in [-0.3, -0.25) is 4.68 Å². The number of aryl methyl sites for hydroxylation is 6. The Morgan fingerprint density at radius 3 is 1.61 bits per heavy atom. The normalized spacial score (nSPS) is 13.3. The van der Waals surface area contributed by atoms with Gasteiger partial charge in [-0.2, -0.15) is 10.2 Å². The maximum atomic E-state index is 5.54. The predicted molar refractivity (Wildman–Crippen MR) is 238 cm³/mol. The monoisotopic (exact) mass is 856 g/mol. The molecular weight excluding hydrogens is 809 g/mol. The molecule has 61 heavy (non-hydrogen) atoms. The third-order valence-electron chi connectivity index (χ3n) is 10.9. The number of aromatic nitrogens is 12. The summed E-state index contributed by atoms with van der Waals surface area (Å²) in [7, 11) is 5.24. The highest BCUT2D eigenvalue weighted by Crippen LogP contribution is 2.35. The zero-order valence-electron chi connectivity index (χ0n) is 35.1. The molecule has 0 amide bonds. The van der Waals surface area contributed by atoms with Gasteiger partial charge in [-0.1, -0.05) is 0 Å². The highest BCUT2D eigenvalue weighted by Gasteiger charge is 2.23. The van der Waals surface area contributed by atoms with Crippen LogP contribution >= 0.6 is 22.7 Å². The molecule has 0 unspecified atom stereocenters. The van der Waals surface area contributed by atoms with Crippen molar-refractivity contribution in [1.29, 1.82) is 0 Å². The summed E-state index contributed by atoms with van der Waals surface area (Å²) >= 11 is 3.13. The van der Waals surface area contributed by atoms with Crippen molar-refractivity contribution in [3.63, 3.8) is 0 Å². The van der Waals surface area contributed by atoms with Gasteiger partial charge in [0.25, 0.3) is 0 Å². The van der Waals surface area contributed by atoms with Crippen LogP contribution in [0.25, 0.3) is 34.2 Å². The Hall–Kier alpha value is -6.40. The van der Waals surface area contributed by atoms with E-state index in [0.29, 0.717) is 11.8 Å². The highest BCUT2D eigenvalue weighted by atomic mass is 32.1. The summed E-state index contributed by atoms with van der Waals surface area (Å²) in [6, 6.07) is 7.88. The van der Waals surface area contributed by atoms with Crippen LogP contribution in [0, 0.1) is 13.8 Å². The summed E-state index contributed by atoms with van der Waals surface area (Å²) in [4.78, 5) is 27.5. The molecule has 0 saturated carbocycles. The van der Waals surface area contributed by atoms with Crippen molar-refractivity contribution in [2.24, 2.45) is 7.05 Å². The van der Waals surface area contributed by atoms with E-state index in [1.54, 1.807) is 49.5 Å². The largest absolute Gasteiger partial charge is 0.479 e. The van der Waals surface area contributed by atoms with Crippen LogP contribution in [0.4, 0.5) is 21.9 Å². The second-order valence-corrected chi connectivity index (χ2v) is 16.7. The van der Waals surface area contributed by atoms with Gasteiger partial charge in [0.05, 0.1) is 61.0 Å². The molecule has 2 aliphatic carbocycles. The van der Waals surface area contributed by atoms with E-state index in [2.05, 4.69) is 47.3 Å². The highest BCUT2D eigenvalue weighted by molar-refractivity contribution is 7.14. The lowest BCUT2D eigenvalue weighted by Gasteiger charge is -2.12. The smallest absolute Gasteiger partial charge is 0.238 e. The molecule has 18 heteroatoms. The number of methoxy groups -OCH3 is 2. The molecule has 2 aliphatic rings. The van der Waals surface area contributed by atoms with Gasteiger partial charge in [-0.05, 0) is 96.4 Å². The standard InChI is InChI=1S/C22H25N7OS.C21H23N7OS/c1-4-29-20(15-7-5-6-8-16(15)27-29)26-22-25-18(12-31-22)17-9-10-19(21(24-17)30-3)28-11-14(2)23-13-28;1-13-10-28(12-22-13)18-9-8-16(23-20(18)29-3)17-11-30-21(24-17)25-19-14-6-4-5-7-15(14)26-27(19)2/h9-13H,4-8H2,1-3H3,(H,25,26);8-12H,4-7H2,1-3H3,(H,24,25). The maximum Gasteiger partial charge on any atom is 0.238 e. The number of pyridine rings is 2. The van der Waals surface area contributed by atoms with E-state index in [1.807, 2.05) is 82.1 Å². The van der Waals surface area contributed by atoms with Gasteiger partial charge in [0.2, 0.25) is 11.8 Å². The molecule has 314 valence electrons. The molecule has 0 bridgehead atoms. The van der Waals surface area contributed by atoms with E-state index < -0.39 is 0 Å². The van der Waals surface area contributed by atoms with Crippen molar-refractivity contribution in [2.75, 3.05) is 24.9 Å². The van der Waals surface area contributed by atoms with E-state index in [0.717, 1.165) is 99.7 Å². The van der Waals surface area contributed by atoms with E-state index in [1.165, 1.54) is 48.2 Å². The van der Waals surface area contributed by atoms with Gasteiger partial charge in [0, 0.05) is 47.9 Å². The number of imidazole rings is 2. The number of thiazole rings is 2. The first-order valence-electron chi connectivity index (χ1n) is 20.5. The van der Waals surface area contributed by atoms with E-state index in [9.17, 15) is 0 Å². The number of hydrogen-bond acceptors (Lipinski definition) is 14. The van der Waals surface area contributed by atoms with Crippen LogP contribution in [0.3, 0.4) is 0 Å². The minimum Gasteiger partial charge on any atom is -0.479 e. The maximum absolute atomic E-state index is 5.54. The lowest BCUT2D eigenvalue weighted by Crippen LogP contribution is -2.05. The molecular formula is C43H48N14O2S2. The molecule has 2 N–H and O–H groups in total. The van der Waals surface area contributed by atoms with Crippen LogP contribution < -0.4 is 20.1 Å². The SMILES string of the molecule is CCn1nc2c(c1Nc1nc(-c3ccc(-n4cnc(C)c4)c(OC)n3)cs1)CCCC2.COc1nc(-c2csc(Nc3c4c(nn3C)CCCC4)n2)ccc1-n1cnc(C)c1. The predicted octanol–water partition coefficient (Wildman–Crippen LogP) is 8.61. The fourth-order valence-electron chi connectivity index (χ4n) is 7.86. The molecule has 0 radical (unpaired) electrons. The Morgan fingerprint density at radius 2 is 1.11 bits per heavy atom. The molecule has 10 rings (SSSR count). The van der Waals surface area contributed by atoms with Crippen LogP contribution in [0.15, 0.2) is 60.1 Å². The van der Waals surface area contributed by atoms with Gasteiger partial charge in [-0.15, -0.1) is 22.7 Å². The zero-order valence-corrected chi connectivity index (χ0v) is 36.8. The molecule has 16 nitrogen and oxygen atoms in total. The Kier molecular flexibility index (Phi) is 11.3. The van der Waals surface area contributed by atoms with Gasteiger partial charge >= 0.3 is 0 Å². The second kappa shape index (κ2) is 17.3. The molecule has 0 fully saturated rings. The Labute approximate surface area is 361 Å². The summed E-state index contributed by atoms with van der Waals surface area (Å²) < 4.78 is 18.9. The fraction of sp³-hybridized carbons (Fsp3) is 0.349. The summed E-state index contributed by atoms with van der Waals surface area (Å²) in [5, 5.41) is 22.2. The number of nitrogens with zero attached hydrogens (tertiary/aromatic N) is 12. The Bertz CT molecular complexity index is 2810. The molecule has 8 aromatic rings. The van der Waals surface area contributed by atoms with Gasteiger partial charge in [0.1, 0.15) is 34.4 Å². The topological polar surface area (TPSA) is 165 Å². The summed E-state index contributed by atoms with van der Waals surface area (Å²) in [5.41, 5.74) is 11.8. The van der Waals surface area contributed by atoms with Crippen molar-refractivity contribution in [3.05, 3.63) is 94.0 Å². The molecule has 8 heterocycles. The minimum atomic E-state index is 0.535. The molecule has 0 saturated heterocycles. The Morgan fingerprint density at radius 1 is 0.623 bits per heavy atom. The number of nitrogens with one attached hydrogen (secondary N) is 2. The number of ether oxygens (including phenoxy) is 2. The molecule has 0 aromatic carbocycles. The van der Waals surface area contributed by atoms with Gasteiger partial charge in [0.15, 0.2) is 10.3 Å². The quantitative estimate of drug-likeness (QED) is 0.127. The van der Waals surface area contributed by atoms with E-state index in [-0.39, 0.29) is 0 Å². The Balaban J connectivity index is 0.000000156. The summed E-state index contributed by atoms with van der Waals surface area (Å²) in [6.07, 6.45) is 16.5. The van der Waals surface area contributed by atoms with Gasteiger partial charge < -0.3 is 29.2 Å². The third kappa shape index (κ3) is 8.24. The average Bonchev–Trinajstić information content (AvgIpc) is 4.16. The van der Waals surface area contributed by atoms with E-state index >= 15 is 0 Å². The first kappa shape index (κ1) is 40.0. The van der Waals surface area contributed by atoms with Crippen LogP contribution in [-0.4, -0.2) is 72.8 Å². The van der Waals surface area contributed by atoms with Crippen LogP contribution in [0.2, 0.25) is 0 Å². The van der Waals surface area contributed by atoms with Crippen molar-refractivity contribution in [2.45, 2.75) is 78.7 Å². The summed E-state index contributed by atoms with van der Waals surface area (Å²) in [6.45, 7) is 6.86. The van der Waals surface area contributed by atoms with E-state index in [4.69, 9.17) is 24.5 Å². The van der Waals surface area contributed by atoms with Crippen LogP contribution in [-0.2, 0) is 39.3 Å².